The number of carbonyl (C=O) groups is 2. The topological polar surface area (TPSA) is 49.9 Å². The molecule has 2 heterocycles. The van der Waals surface area contributed by atoms with Crippen molar-refractivity contribution < 1.29 is 14.3 Å². The lowest BCUT2D eigenvalue weighted by Gasteiger charge is -2.36. The first-order chi connectivity index (χ1) is 12.6. The van der Waals surface area contributed by atoms with Crippen molar-refractivity contribution in [2.75, 3.05) is 33.4 Å². The Morgan fingerprint density at radius 1 is 1.19 bits per heavy atom. The van der Waals surface area contributed by atoms with Gasteiger partial charge in [0.05, 0.1) is 6.04 Å². The van der Waals surface area contributed by atoms with Gasteiger partial charge in [-0.15, -0.1) is 0 Å². The molecule has 4 rings (SSSR count). The minimum Gasteiger partial charge on any atom is -0.375 e. The third-order valence-corrected chi connectivity index (χ3v) is 6.47. The minimum atomic E-state index is -0.126. The molecule has 2 saturated heterocycles. The largest absolute Gasteiger partial charge is 0.375 e. The van der Waals surface area contributed by atoms with Gasteiger partial charge in [-0.3, -0.25) is 9.59 Å². The van der Waals surface area contributed by atoms with Crippen LogP contribution in [-0.2, 0) is 19.7 Å². The van der Waals surface area contributed by atoms with Crippen LogP contribution < -0.4 is 0 Å². The van der Waals surface area contributed by atoms with Gasteiger partial charge >= 0.3 is 0 Å². The zero-order chi connectivity index (χ0) is 18.1. The van der Waals surface area contributed by atoms with Gasteiger partial charge in [0.2, 0.25) is 11.8 Å². The number of methoxy groups -OCH3 is 1. The summed E-state index contributed by atoms with van der Waals surface area (Å²) in [4.78, 5) is 29.6. The summed E-state index contributed by atoms with van der Waals surface area (Å²) in [6.07, 6.45) is 4.76. The molecule has 0 spiro atoms. The molecule has 2 aliphatic heterocycles. The van der Waals surface area contributed by atoms with Crippen molar-refractivity contribution >= 4 is 11.8 Å². The number of fused-ring (bicyclic) bond motifs is 1. The van der Waals surface area contributed by atoms with Gasteiger partial charge in [-0.2, -0.15) is 0 Å². The molecule has 1 aromatic rings. The van der Waals surface area contributed by atoms with Crippen molar-refractivity contribution in [3.63, 3.8) is 0 Å². The fourth-order valence-corrected chi connectivity index (χ4v) is 4.85. The van der Waals surface area contributed by atoms with E-state index in [1.54, 1.807) is 7.11 Å². The average molecular weight is 356 g/mol. The second kappa shape index (κ2) is 7.03. The van der Waals surface area contributed by atoms with Gasteiger partial charge in [0.15, 0.2) is 0 Å². The molecule has 0 radical (unpaired) electrons. The highest BCUT2D eigenvalue weighted by Gasteiger charge is 2.52. The molecule has 2 amide bonds. The fourth-order valence-electron chi connectivity index (χ4n) is 4.85. The Labute approximate surface area is 155 Å². The molecule has 1 aromatic carbocycles. The highest BCUT2D eigenvalue weighted by Crippen LogP contribution is 2.46. The normalized spacial score (nSPS) is 28.8. The Hall–Kier alpha value is -1.88. The Morgan fingerprint density at radius 3 is 2.62 bits per heavy atom. The number of benzene rings is 1. The zero-order valence-corrected chi connectivity index (χ0v) is 15.5. The van der Waals surface area contributed by atoms with E-state index in [0.717, 1.165) is 25.9 Å². The maximum atomic E-state index is 13.0. The van der Waals surface area contributed by atoms with E-state index < -0.39 is 0 Å². The van der Waals surface area contributed by atoms with Gasteiger partial charge < -0.3 is 14.5 Å². The Bertz CT molecular complexity index is 673. The molecule has 1 aliphatic carbocycles. The van der Waals surface area contributed by atoms with E-state index in [9.17, 15) is 9.59 Å². The smallest absolute Gasteiger partial charge is 0.248 e. The first-order valence-electron chi connectivity index (χ1n) is 9.76. The first-order valence-corrected chi connectivity index (χ1v) is 9.76. The van der Waals surface area contributed by atoms with Crippen molar-refractivity contribution in [2.45, 2.75) is 43.6 Å². The molecule has 5 nitrogen and oxygen atoms in total. The molecular weight excluding hydrogens is 328 g/mol. The van der Waals surface area contributed by atoms with Gasteiger partial charge in [0, 0.05) is 38.6 Å². The quantitative estimate of drug-likeness (QED) is 0.813. The molecule has 1 saturated carbocycles. The van der Waals surface area contributed by atoms with Crippen molar-refractivity contribution in [1.29, 1.82) is 0 Å². The standard InChI is InChI=1S/C21H28N2O3/c1-26-15-20(25)23-12-10-21(17-5-3-2-4-6-17)9-11-22(14-16-7-8-16)19(24)13-18(21)23/h2-6,16,18H,7-15H2,1H3/t18-,21-/m1/s1. The van der Waals surface area contributed by atoms with Crippen LogP contribution in [0.4, 0.5) is 0 Å². The molecule has 0 N–H and O–H groups in total. The minimum absolute atomic E-state index is 0.00116. The van der Waals surface area contributed by atoms with Crippen molar-refractivity contribution in [1.82, 2.24) is 9.80 Å². The van der Waals surface area contributed by atoms with Crippen LogP contribution in [0.3, 0.4) is 0 Å². The third-order valence-electron chi connectivity index (χ3n) is 6.47. The lowest BCUT2D eigenvalue weighted by atomic mass is 9.71. The molecule has 140 valence electrons. The molecule has 0 bridgehead atoms. The summed E-state index contributed by atoms with van der Waals surface area (Å²) in [5.74, 6) is 0.895. The molecule has 0 aromatic heterocycles. The molecule has 2 atom stereocenters. The number of amides is 2. The van der Waals surface area contributed by atoms with E-state index in [1.165, 1.54) is 18.4 Å². The Balaban J connectivity index is 1.66. The summed E-state index contributed by atoms with van der Waals surface area (Å²) in [6, 6.07) is 10.4. The highest BCUT2D eigenvalue weighted by atomic mass is 16.5. The highest BCUT2D eigenvalue weighted by molar-refractivity contribution is 5.82. The van der Waals surface area contributed by atoms with Crippen molar-refractivity contribution in [3.05, 3.63) is 35.9 Å². The number of carbonyl (C=O) groups excluding carboxylic acids is 2. The number of hydrogen-bond acceptors (Lipinski definition) is 3. The van der Waals surface area contributed by atoms with Crippen LogP contribution >= 0.6 is 0 Å². The predicted molar refractivity (Wildman–Crippen MR) is 98.7 cm³/mol. The molecule has 0 unspecified atom stereocenters. The van der Waals surface area contributed by atoms with Crippen LogP contribution in [0.2, 0.25) is 0 Å². The predicted octanol–water partition coefficient (Wildman–Crippen LogP) is 2.20. The van der Waals surface area contributed by atoms with Gasteiger partial charge in [-0.25, -0.2) is 0 Å². The number of likely N-dealkylation sites (tertiary alicyclic amines) is 2. The van der Waals surface area contributed by atoms with Gasteiger partial charge in [0.1, 0.15) is 6.61 Å². The second-order valence-electron chi connectivity index (χ2n) is 8.05. The SMILES string of the molecule is COCC(=O)N1CC[C@@]2(c3ccccc3)CCN(CC3CC3)C(=O)C[C@@H]12. The van der Waals surface area contributed by atoms with Crippen LogP contribution in [-0.4, -0.2) is 61.0 Å². The fraction of sp³-hybridized carbons (Fsp3) is 0.619. The Kier molecular flexibility index (Phi) is 4.74. The van der Waals surface area contributed by atoms with Crippen LogP contribution in [0.1, 0.15) is 37.7 Å². The first kappa shape index (κ1) is 17.5. The van der Waals surface area contributed by atoms with Crippen LogP contribution in [0.25, 0.3) is 0 Å². The number of hydrogen-bond donors (Lipinski definition) is 0. The zero-order valence-electron chi connectivity index (χ0n) is 15.5. The Morgan fingerprint density at radius 2 is 1.92 bits per heavy atom. The third kappa shape index (κ3) is 3.13. The average Bonchev–Trinajstić information content (AvgIpc) is 3.42. The van der Waals surface area contributed by atoms with Gasteiger partial charge in [-0.05, 0) is 37.2 Å². The van der Waals surface area contributed by atoms with Crippen LogP contribution in [0.15, 0.2) is 30.3 Å². The number of nitrogens with zero attached hydrogens (tertiary/aromatic N) is 2. The molecule has 3 aliphatic rings. The number of rotatable bonds is 5. The van der Waals surface area contributed by atoms with E-state index in [1.807, 2.05) is 11.0 Å². The molecular formula is C21H28N2O3. The van der Waals surface area contributed by atoms with E-state index in [0.29, 0.717) is 18.9 Å². The van der Waals surface area contributed by atoms with Gasteiger partial charge in [0.25, 0.3) is 0 Å². The van der Waals surface area contributed by atoms with Gasteiger partial charge in [-0.1, -0.05) is 30.3 Å². The summed E-state index contributed by atoms with van der Waals surface area (Å²) in [5, 5.41) is 0. The summed E-state index contributed by atoms with van der Waals surface area (Å²) in [7, 11) is 1.55. The van der Waals surface area contributed by atoms with Crippen molar-refractivity contribution in [2.24, 2.45) is 5.92 Å². The van der Waals surface area contributed by atoms with E-state index in [-0.39, 0.29) is 29.9 Å². The summed E-state index contributed by atoms with van der Waals surface area (Å²) in [5.41, 5.74) is 1.14. The van der Waals surface area contributed by atoms with Crippen LogP contribution in [0.5, 0.6) is 0 Å². The van der Waals surface area contributed by atoms with E-state index in [4.69, 9.17) is 4.74 Å². The van der Waals surface area contributed by atoms with E-state index in [2.05, 4.69) is 29.2 Å². The second-order valence-corrected chi connectivity index (χ2v) is 8.05. The molecule has 3 fully saturated rings. The number of ether oxygens (including phenoxy) is 1. The van der Waals surface area contributed by atoms with E-state index >= 15 is 0 Å². The summed E-state index contributed by atoms with van der Waals surface area (Å²) in [6.45, 7) is 2.48. The lowest BCUT2D eigenvalue weighted by Crippen LogP contribution is -2.46. The van der Waals surface area contributed by atoms with Crippen LogP contribution in [0, 0.1) is 5.92 Å². The molecule has 26 heavy (non-hydrogen) atoms. The summed E-state index contributed by atoms with van der Waals surface area (Å²) < 4.78 is 5.09. The van der Waals surface area contributed by atoms with Crippen molar-refractivity contribution in [3.8, 4) is 0 Å². The summed E-state index contributed by atoms with van der Waals surface area (Å²) >= 11 is 0. The maximum Gasteiger partial charge on any atom is 0.248 e. The maximum absolute atomic E-state index is 13.0. The monoisotopic (exact) mass is 356 g/mol. The molecule has 5 heteroatoms. The lowest BCUT2D eigenvalue weighted by molar-refractivity contribution is -0.138.